The number of fused-ring (bicyclic) bond motifs is 1. The Bertz CT molecular complexity index is 809. The summed E-state index contributed by atoms with van der Waals surface area (Å²) < 4.78 is 4.88. The molecule has 2 unspecified atom stereocenters. The molecule has 0 spiro atoms. The number of carbonyl (C=O) groups is 2. The summed E-state index contributed by atoms with van der Waals surface area (Å²) in [6.45, 7) is 6.77. The highest BCUT2D eigenvalue weighted by molar-refractivity contribution is 7.08. The minimum Gasteiger partial charge on any atom is -0.465 e. The molecule has 6 heteroatoms. The molecular formula is C21H26N2O3S. The van der Waals surface area contributed by atoms with Crippen LogP contribution in [0.1, 0.15) is 26.7 Å². The van der Waals surface area contributed by atoms with Gasteiger partial charge in [0, 0.05) is 42.3 Å². The van der Waals surface area contributed by atoms with E-state index in [-0.39, 0.29) is 17.8 Å². The summed E-state index contributed by atoms with van der Waals surface area (Å²) in [6.07, 6.45) is 5.57. The number of thiophene rings is 1. The van der Waals surface area contributed by atoms with Crippen molar-refractivity contribution in [2.75, 3.05) is 31.6 Å². The average Bonchev–Trinajstić information content (AvgIpc) is 3.38. The molecule has 2 aliphatic heterocycles. The highest BCUT2D eigenvalue weighted by atomic mass is 32.1. The quantitative estimate of drug-likeness (QED) is 0.744. The summed E-state index contributed by atoms with van der Waals surface area (Å²) in [5.41, 5.74) is 2.39. The van der Waals surface area contributed by atoms with Gasteiger partial charge in [-0.05, 0) is 36.3 Å². The number of amides is 1. The number of likely N-dealkylation sites (tertiary alicyclic amines) is 1. The molecule has 0 aromatic carbocycles. The summed E-state index contributed by atoms with van der Waals surface area (Å²) >= 11 is 1.72. The molecule has 3 heterocycles. The Kier molecular flexibility index (Phi) is 4.62. The van der Waals surface area contributed by atoms with Gasteiger partial charge in [0.2, 0.25) is 5.91 Å². The predicted molar refractivity (Wildman–Crippen MR) is 106 cm³/mol. The van der Waals surface area contributed by atoms with E-state index >= 15 is 0 Å². The van der Waals surface area contributed by atoms with Gasteiger partial charge in [-0.3, -0.25) is 4.79 Å². The van der Waals surface area contributed by atoms with Crippen molar-refractivity contribution < 1.29 is 14.3 Å². The first-order valence-electron chi connectivity index (χ1n) is 9.51. The molecule has 3 aliphatic rings. The molecule has 2 saturated heterocycles. The molecule has 2 fully saturated rings. The van der Waals surface area contributed by atoms with Crippen molar-refractivity contribution in [2.24, 2.45) is 17.3 Å². The van der Waals surface area contributed by atoms with E-state index in [1.807, 2.05) is 30.9 Å². The summed E-state index contributed by atoms with van der Waals surface area (Å²) in [5, 5.41) is 4.28. The first-order chi connectivity index (χ1) is 12.9. The maximum Gasteiger partial charge on any atom is 0.337 e. The van der Waals surface area contributed by atoms with Gasteiger partial charge in [0.05, 0.1) is 18.1 Å². The zero-order valence-electron chi connectivity index (χ0n) is 16.1. The van der Waals surface area contributed by atoms with Gasteiger partial charge in [-0.15, -0.1) is 0 Å². The van der Waals surface area contributed by atoms with Crippen LogP contribution in [0.2, 0.25) is 0 Å². The van der Waals surface area contributed by atoms with Gasteiger partial charge in [-0.1, -0.05) is 19.9 Å². The van der Waals surface area contributed by atoms with Gasteiger partial charge in [-0.25, -0.2) is 4.79 Å². The number of methoxy groups -OCH3 is 1. The van der Waals surface area contributed by atoms with E-state index in [9.17, 15) is 9.59 Å². The molecule has 1 aromatic rings. The Labute approximate surface area is 164 Å². The lowest BCUT2D eigenvalue weighted by molar-refractivity contribution is -0.136. The SMILES string of the molecule is COC(=O)C1=CCC2C(=C1)N(CC1CCN(c3ccsc3)C1)C(=O)C2(C)C. The van der Waals surface area contributed by atoms with E-state index in [1.54, 1.807) is 11.3 Å². The fraction of sp³-hybridized carbons (Fsp3) is 0.524. The third-order valence-corrected chi connectivity index (χ3v) is 6.90. The minimum atomic E-state index is -0.435. The van der Waals surface area contributed by atoms with Crippen molar-refractivity contribution in [2.45, 2.75) is 26.7 Å². The highest BCUT2D eigenvalue weighted by Gasteiger charge is 2.51. The lowest BCUT2D eigenvalue weighted by Gasteiger charge is -2.26. The molecule has 1 aliphatic carbocycles. The van der Waals surface area contributed by atoms with Gasteiger partial charge in [-0.2, -0.15) is 11.3 Å². The van der Waals surface area contributed by atoms with Crippen molar-refractivity contribution in [3.05, 3.63) is 40.2 Å². The summed E-state index contributed by atoms with van der Waals surface area (Å²) in [6, 6.07) is 2.16. The van der Waals surface area contributed by atoms with Crippen LogP contribution in [0.4, 0.5) is 5.69 Å². The number of carbonyl (C=O) groups excluding carboxylic acids is 2. The second-order valence-corrected chi connectivity index (χ2v) is 9.01. The maximum atomic E-state index is 13.2. The topological polar surface area (TPSA) is 49.9 Å². The van der Waals surface area contributed by atoms with Crippen LogP contribution in [0.5, 0.6) is 0 Å². The third kappa shape index (κ3) is 3.10. The number of ether oxygens (including phenoxy) is 1. The molecule has 27 heavy (non-hydrogen) atoms. The largest absolute Gasteiger partial charge is 0.465 e. The zero-order valence-corrected chi connectivity index (χ0v) is 16.9. The van der Waals surface area contributed by atoms with E-state index in [2.05, 4.69) is 21.7 Å². The molecule has 0 saturated carbocycles. The van der Waals surface area contributed by atoms with E-state index in [0.29, 0.717) is 17.9 Å². The molecular weight excluding hydrogens is 360 g/mol. The van der Waals surface area contributed by atoms with Gasteiger partial charge >= 0.3 is 5.97 Å². The molecule has 0 radical (unpaired) electrons. The molecule has 1 amide bonds. The van der Waals surface area contributed by atoms with Gasteiger partial charge in [0.1, 0.15) is 0 Å². The van der Waals surface area contributed by atoms with Crippen LogP contribution in [0.15, 0.2) is 40.2 Å². The number of esters is 1. The summed E-state index contributed by atoms with van der Waals surface area (Å²) in [4.78, 5) is 29.5. The van der Waals surface area contributed by atoms with Crippen molar-refractivity contribution in [3.8, 4) is 0 Å². The highest BCUT2D eigenvalue weighted by Crippen LogP contribution is 2.48. The monoisotopic (exact) mass is 386 g/mol. The van der Waals surface area contributed by atoms with Crippen LogP contribution in [-0.4, -0.2) is 43.5 Å². The van der Waals surface area contributed by atoms with Crippen LogP contribution in [0.25, 0.3) is 0 Å². The van der Waals surface area contributed by atoms with Crippen LogP contribution in [0.3, 0.4) is 0 Å². The number of allylic oxidation sites excluding steroid dienone is 2. The molecule has 0 bridgehead atoms. The average molecular weight is 387 g/mol. The Morgan fingerprint density at radius 2 is 2.22 bits per heavy atom. The Morgan fingerprint density at radius 1 is 1.41 bits per heavy atom. The molecule has 0 N–H and O–H groups in total. The molecule has 144 valence electrons. The van der Waals surface area contributed by atoms with E-state index in [0.717, 1.165) is 31.8 Å². The standard InChI is InChI=1S/C21H26N2O3S/c1-21(2)17-5-4-15(19(24)26-3)10-18(17)23(20(21)25)12-14-6-8-22(11-14)16-7-9-27-13-16/h4,7,9-10,13-14,17H,5-6,8,11-12H2,1-3H3. The summed E-state index contributed by atoms with van der Waals surface area (Å²) in [7, 11) is 1.40. The second-order valence-electron chi connectivity index (χ2n) is 8.23. The zero-order chi connectivity index (χ0) is 19.2. The first-order valence-corrected chi connectivity index (χ1v) is 10.4. The van der Waals surface area contributed by atoms with E-state index in [4.69, 9.17) is 4.74 Å². The number of anilines is 1. The Balaban J connectivity index is 1.54. The van der Waals surface area contributed by atoms with Crippen LogP contribution in [-0.2, 0) is 14.3 Å². The van der Waals surface area contributed by atoms with Gasteiger partial charge in [0.15, 0.2) is 0 Å². The fourth-order valence-electron chi connectivity index (χ4n) is 4.59. The van der Waals surface area contributed by atoms with Gasteiger partial charge in [0.25, 0.3) is 0 Å². The molecule has 1 aromatic heterocycles. The van der Waals surface area contributed by atoms with Crippen molar-refractivity contribution >= 4 is 28.9 Å². The second kappa shape index (κ2) is 6.82. The number of hydrogen-bond donors (Lipinski definition) is 0. The number of nitrogens with zero attached hydrogens (tertiary/aromatic N) is 2. The lowest BCUT2D eigenvalue weighted by Crippen LogP contribution is -2.35. The van der Waals surface area contributed by atoms with Crippen LogP contribution >= 0.6 is 11.3 Å². The smallest absolute Gasteiger partial charge is 0.337 e. The molecule has 5 nitrogen and oxygen atoms in total. The molecule has 2 atom stereocenters. The lowest BCUT2D eigenvalue weighted by atomic mass is 9.76. The number of rotatable bonds is 4. The van der Waals surface area contributed by atoms with E-state index in [1.165, 1.54) is 12.8 Å². The van der Waals surface area contributed by atoms with Crippen molar-refractivity contribution in [1.82, 2.24) is 4.90 Å². The third-order valence-electron chi connectivity index (χ3n) is 6.23. The van der Waals surface area contributed by atoms with Gasteiger partial charge < -0.3 is 14.5 Å². The Hall–Kier alpha value is -2.08. The Morgan fingerprint density at radius 3 is 2.93 bits per heavy atom. The predicted octanol–water partition coefficient (Wildman–Crippen LogP) is 3.45. The number of hydrogen-bond acceptors (Lipinski definition) is 5. The summed E-state index contributed by atoms with van der Waals surface area (Å²) in [5.74, 6) is 0.416. The normalized spacial score (nSPS) is 26.7. The van der Waals surface area contributed by atoms with E-state index < -0.39 is 5.41 Å². The first kappa shape index (κ1) is 18.3. The molecule has 4 rings (SSSR count). The minimum absolute atomic E-state index is 0.132. The maximum absolute atomic E-state index is 13.2. The van der Waals surface area contributed by atoms with Crippen LogP contribution in [0, 0.1) is 17.3 Å². The fourth-order valence-corrected chi connectivity index (χ4v) is 5.25. The van der Waals surface area contributed by atoms with Crippen molar-refractivity contribution in [3.63, 3.8) is 0 Å². The van der Waals surface area contributed by atoms with Crippen LogP contribution < -0.4 is 4.90 Å². The van der Waals surface area contributed by atoms with Crippen molar-refractivity contribution in [1.29, 1.82) is 0 Å².